The molecule has 0 radical (unpaired) electrons. The molecule has 53 heavy (non-hydrogen) atoms. The van der Waals surface area contributed by atoms with Gasteiger partial charge in [-0.15, -0.1) is 0 Å². The molecule has 3 heteroatoms. The molecule has 0 unspecified atom stereocenters. The zero-order valence-corrected chi connectivity index (χ0v) is 28.9. The molecule has 0 saturated heterocycles. The molecule has 0 spiro atoms. The van der Waals surface area contributed by atoms with Crippen molar-refractivity contribution in [1.82, 2.24) is 0 Å². The molecule has 0 atom stereocenters. The van der Waals surface area contributed by atoms with Crippen molar-refractivity contribution in [3.05, 3.63) is 200 Å². The van der Waals surface area contributed by atoms with E-state index in [-0.39, 0.29) is 0 Å². The number of anilines is 5. The topological polar surface area (TPSA) is 24.5 Å². The van der Waals surface area contributed by atoms with Crippen LogP contribution in [0.15, 0.2) is 200 Å². The summed E-state index contributed by atoms with van der Waals surface area (Å²) in [6.07, 6.45) is 0. The second kappa shape index (κ2) is 12.9. The Hall–Kier alpha value is -7.10. The van der Waals surface area contributed by atoms with Crippen LogP contribution in [-0.4, -0.2) is 0 Å². The van der Waals surface area contributed by atoms with Crippen molar-refractivity contribution < 1.29 is 4.74 Å². The van der Waals surface area contributed by atoms with E-state index in [1.54, 1.807) is 0 Å². The van der Waals surface area contributed by atoms with Gasteiger partial charge in [-0.25, -0.2) is 0 Å². The molecular weight excluding hydrogens is 645 g/mol. The molecule has 1 heterocycles. The number of benzene rings is 9. The first kappa shape index (κ1) is 30.7. The highest BCUT2D eigenvalue weighted by Gasteiger charge is 2.26. The Labute approximate surface area is 309 Å². The van der Waals surface area contributed by atoms with E-state index >= 15 is 0 Å². The molecule has 0 aromatic heterocycles. The van der Waals surface area contributed by atoms with Crippen molar-refractivity contribution in [2.24, 2.45) is 0 Å². The van der Waals surface area contributed by atoms with E-state index in [9.17, 15) is 0 Å². The van der Waals surface area contributed by atoms with Gasteiger partial charge in [0.25, 0.3) is 0 Å². The first-order valence-electron chi connectivity index (χ1n) is 18.0. The third kappa shape index (κ3) is 5.47. The quantitative estimate of drug-likeness (QED) is 0.182. The highest BCUT2D eigenvalue weighted by molar-refractivity contribution is 6.13. The fourth-order valence-corrected chi connectivity index (χ4v) is 7.74. The van der Waals surface area contributed by atoms with Crippen LogP contribution < -0.4 is 15.0 Å². The summed E-state index contributed by atoms with van der Waals surface area (Å²) in [6, 6.07) is 70.9. The highest BCUT2D eigenvalue weighted by Crippen LogP contribution is 2.53. The third-order valence-corrected chi connectivity index (χ3v) is 10.2. The lowest BCUT2D eigenvalue weighted by Crippen LogP contribution is -2.12. The van der Waals surface area contributed by atoms with E-state index in [1.165, 1.54) is 33.0 Å². The maximum absolute atomic E-state index is 6.73. The molecule has 0 amide bonds. The zero-order valence-electron chi connectivity index (χ0n) is 28.9. The van der Waals surface area contributed by atoms with Gasteiger partial charge in [0.1, 0.15) is 11.5 Å². The van der Waals surface area contributed by atoms with Gasteiger partial charge < -0.3 is 15.0 Å². The van der Waals surface area contributed by atoms with Crippen LogP contribution in [0, 0.1) is 0 Å². The fourth-order valence-electron chi connectivity index (χ4n) is 7.74. The van der Waals surface area contributed by atoms with Crippen molar-refractivity contribution in [3.8, 4) is 44.9 Å². The molecule has 1 aliphatic heterocycles. The molecule has 0 fully saturated rings. The van der Waals surface area contributed by atoms with Gasteiger partial charge in [0, 0.05) is 33.1 Å². The Bertz CT molecular complexity index is 2750. The van der Waals surface area contributed by atoms with Crippen molar-refractivity contribution in [2.45, 2.75) is 0 Å². The molecule has 250 valence electrons. The second-order valence-electron chi connectivity index (χ2n) is 13.4. The van der Waals surface area contributed by atoms with Gasteiger partial charge in [-0.2, -0.15) is 0 Å². The maximum atomic E-state index is 6.73. The number of hydrogen-bond acceptors (Lipinski definition) is 3. The van der Waals surface area contributed by atoms with Gasteiger partial charge in [-0.1, -0.05) is 146 Å². The molecule has 9 aromatic rings. The van der Waals surface area contributed by atoms with Gasteiger partial charge in [0.15, 0.2) is 0 Å². The number of fused-ring (bicyclic) bond motifs is 3. The van der Waals surface area contributed by atoms with Crippen molar-refractivity contribution in [2.75, 3.05) is 10.2 Å². The average Bonchev–Trinajstić information content (AvgIpc) is 3.23. The van der Waals surface area contributed by atoms with Crippen molar-refractivity contribution >= 4 is 50.0 Å². The van der Waals surface area contributed by atoms with Crippen LogP contribution in [-0.2, 0) is 0 Å². The standard InChI is InChI=1S/C50H34N2O/c1-3-12-34(13-4-1)36-24-28-39(29-25-36)51-44-21-11-23-47-50(44)43-20-10-19-42-46(32-33-48(53-47)49(42)43)52(45-22-9-17-38-16-7-8-18-41(38)45)40-30-26-37(27-31-40)35-14-5-2-6-15-35/h1-33,51H. The van der Waals surface area contributed by atoms with E-state index in [2.05, 4.69) is 204 Å². The van der Waals surface area contributed by atoms with Gasteiger partial charge in [-0.3, -0.25) is 0 Å². The summed E-state index contributed by atoms with van der Waals surface area (Å²) in [5, 5.41) is 8.32. The normalized spacial score (nSPS) is 11.5. The lowest BCUT2D eigenvalue weighted by atomic mass is 9.92. The monoisotopic (exact) mass is 678 g/mol. The predicted octanol–water partition coefficient (Wildman–Crippen LogP) is 14.3. The minimum absolute atomic E-state index is 0.839. The molecule has 0 aliphatic carbocycles. The smallest absolute Gasteiger partial charge is 0.137 e. The molecule has 10 rings (SSSR count). The Morgan fingerprint density at radius 2 is 0.981 bits per heavy atom. The van der Waals surface area contributed by atoms with Crippen LogP contribution in [0.1, 0.15) is 0 Å². The first-order chi connectivity index (χ1) is 26.3. The van der Waals surface area contributed by atoms with E-state index in [1.807, 2.05) is 6.07 Å². The molecular formula is C50H34N2O. The largest absolute Gasteiger partial charge is 0.456 e. The zero-order chi connectivity index (χ0) is 35.1. The average molecular weight is 679 g/mol. The number of ether oxygens (including phenoxy) is 1. The first-order valence-corrected chi connectivity index (χ1v) is 18.0. The molecule has 9 aromatic carbocycles. The molecule has 0 bridgehead atoms. The number of rotatable bonds is 7. The number of nitrogens with zero attached hydrogens (tertiary/aromatic N) is 1. The summed E-state index contributed by atoms with van der Waals surface area (Å²) < 4.78 is 6.73. The van der Waals surface area contributed by atoms with Crippen LogP contribution in [0.4, 0.5) is 28.4 Å². The van der Waals surface area contributed by atoms with Gasteiger partial charge >= 0.3 is 0 Å². The molecule has 1 aliphatic rings. The van der Waals surface area contributed by atoms with Crippen LogP contribution in [0.25, 0.3) is 54.9 Å². The summed E-state index contributed by atoms with van der Waals surface area (Å²) in [5.41, 5.74) is 12.3. The third-order valence-electron chi connectivity index (χ3n) is 10.2. The van der Waals surface area contributed by atoms with Crippen LogP contribution in [0.5, 0.6) is 11.5 Å². The highest BCUT2D eigenvalue weighted by atomic mass is 16.5. The summed E-state index contributed by atoms with van der Waals surface area (Å²) in [6.45, 7) is 0. The lowest BCUT2D eigenvalue weighted by Gasteiger charge is -2.30. The maximum Gasteiger partial charge on any atom is 0.137 e. The minimum atomic E-state index is 0.839. The SMILES string of the molecule is c1ccc(-c2ccc(Nc3cccc4c3-c3cccc5c(N(c6ccc(-c7ccccc7)cc6)c6cccc7ccccc67)ccc(c35)O4)cc2)cc1. The number of hydrogen-bond donors (Lipinski definition) is 1. The fraction of sp³-hybridized carbons (Fsp3) is 0. The Balaban J connectivity index is 1.11. The van der Waals surface area contributed by atoms with Crippen LogP contribution in [0.2, 0.25) is 0 Å². The Kier molecular flexibility index (Phi) is 7.47. The summed E-state index contributed by atoms with van der Waals surface area (Å²) in [5.74, 6) is 1.69. The van der Waals surface area contributed by atoms with Gasteiger partial charge in [0.2, 0.25) is 0 Å². The second-order valence-corrected chi connectivity index (χ2v) is 13.4. The summed E-state index contributed by atoms with van der Waals surface area (Å²) in [7, 11) is 0. The molecule has 1 N–H and O–H groups in total. The number of nitrogens with one attached hydrogen (secondary N) is 1. The predicted molar refractivity (Wildman–Crippen MR) is 222 cm³/mol. The van der Waals surface area contributed by atoms with E-state index in [0.717, 1.165) is 61.8 Å². The van der Waals surface area contributed by atoms with E-state index in [4.69, 9.17) is 4.74 Å². The van der Waals surface area contributed by atoms with Crippen molar-refractivity contribution in [1.29, 1.82) is 0 Å². The Morgan fingerprint density at radius 1 is 0.396 bits per heavy atom. The Morgan fingerprint density at radius 3 is 1.74 bits per heavy atom. The van der Waals surface area contributed by atoms with Crippen LogP contribution in [0.3, 0.4) is 0 Å². The minimum Gasteiger partial charge on any atom is -0.456 e. The van der Waals surface area contributed by atoms with Crippen LogP contribution >= 0.6 is 0 Å². The van der Waals surface area contributed by atoms with Gasteiger partial charge in [-0.05, 0) is 87.8 Å². The van der Waals surface area contributed by atoms with E-state index in [0.29, 0.717) is 0 Å². The molecule has 0 saturated carbocycles. The summed E-state index contributed by atoms with van der Waals surface area (Å²) >= 11 is 0. The van der Waals surface area contributed by atoms with Crippen molar-refractivity contribution in [3.63, 3.8) is 0 Å². The lowest BCUT2D eigenvalue weighted by molar-refractivity contribution is 0.487. The van der Waals surface area contributed by atoms with E-state index < -0.39 is 0 Å². The summed E-state index contributed by atoms with van der Waals surface area (Å²) in [4.78, 5) is 2.40. The molecule has 3 nitrogen and oxygen atoms in total. The van der Waals surface area contributed by atoms with Gasteiger partial charge in [0.05, 0.1) is 17.1 Å².